The van der Waals surface area contributed by atoms with Crippen molar-refractivity contribution < 1.29 is 8.91 Å². The maximum atomic E-state index is 12.9. The molecule has 1 aromatic heterocycles. The Balaban J connectivity index is 1.55. The molecule has 0 radical (unpaired) electrons. The number of nitrogens with zero attached hydrogens (tertiary/aromatic N) is 3. The molecule has 1 fully saturated rings. The number of halogens is 1. The largest absolute Gasteiger partial charge is 0.369 e. The second kappa shape index (κ2) is 5.63. The molecule has 0 bridgehead atoms. The molecule has 2 heterocycles. The maximum absolute atomic E-state index is 12.9. The first-order valence-corrected chi connectivity index (χ1v) is 6.86. The van der Waals surface area contributed by atoms with E-state index in [1.165, 1.54) is 12.1 Å². The molecular weight excluding hydrogens is 257 g/mol. The number of benzene rings is 1. The average Bonchev–Trinajstić information content (AvgIpc) is 2.86. The number of hydrogen-bond acceptors (Lipinski definition) is 4. The van der Waals surface area contributed by atoms with E-state index >= 15 is 0 Å². The fourth-order valence-corrected chi connectivity index (χ4v) is 2.53. The highest BCUT2D eigenvalue weighted by molar-refractivity contribution is 5.46. The quantitative estimate of drug-likeness (QED) is 0.861. The van der Waals surface area contributed by atoms with Gasteiger partial charge in [-0.25, -0.2) is 4.39 Å². The van der Waals surface area contributed by atoms with Crippen LogP contribution in [0.5, 0.6) is 0 Å². The van der Waals surface area contributed by atoms with E-state index in [-0.39, 0.29) is 5.82 Å². The van der Waals surface area contributed by atoms with Gasteiger partial charge >= 0.3 is 0 Å². The Hall–Kier alpha value is -1.88. The van der Waals surface area contributed by atoms with Gasteiger partial charge in [0.1, 0.15) is 5.82 Å². The normalized spacial score (nSPS) is 16.6. The van der Waals surface area contributed by atoms with Crippen molar-refractivity contribution in [1.29, 1.82) is 0 Å². The minimum Gasteiger partial charge on any atom is -0.369 e. The third-order valence-electron chi connectivity index (χ3n) is 3.62. The topological polar surface area (TPSA) is 32.5 Å². The zero-order valence-electron chi connectivity index (χ0n) is 11.6. The van der Waals surface area contributed by atoms with Gasteiger partial charge in [-0.05, 0) is 31.2 Å². The van der Waals surface area contributed by atoms with Crippen molar-refractivity contribution in [3.8, 4) is 0 Å². The minimum absolute atomic E-state index is 0.187. The summed E-state index contributed by atoms with van der Waals surface area (Å²) in [5.41, 5.74) is 2.01. The van der Waals surface area contributed by atoms with E-state index in [0.717, 1.165) is 49.9 Å². The van der Waals surface area contributed by atoms with Gasteiger partial charge in [0.05, 0.1) is 12.2 Å². The van der Waals surface area contributed by atoms with Gasteiger partial charge < -0.3 is 9.42 Å². The van der Waals surface area contributed by atoms with E-state index in [4.69, 9.17) is 4.52 Å². The molecule has 20 heavy (non-hydrogen) atoms. The van der Waals surface area contributed by atoms with Crippen molar-refractivity contribution in [3.05, 3.63) is 47.6 Å². The van der Waals surface area contributed by atoms with Crippen LogP contribution in [0.1, 0.15) is 11.5 Å². The Kier molecular flexibility index (Phi) is 3.69. The molecule has 0 saturated carbocycles. The fourth-order valence-electron chi connectivity index (χ4n) is 2.53. The van der Waals surface area contributed by atoms with Crippen molar-refractivity contribution in [2.75, 3.05) is 31.1 Å². The first-order chi connectivity index (χ1) is 9.70. The van der Waals surface area contributed by atoms with Crippen molar-refractivity contribution >= 4 is 5.69 Å². The van der Waals surface area contributed by atoms with E-state index in [0.29, 0.717) is 0 Å². The van der Waals surface area contributed by atoms with Gasteiger partial charge in [0.15, 0.2) is 5.76 Å². The molecule has 4 nitrogen and oxygen atoms in total. The van der Waals surface area contributed by atoms with Crippen LogP contribution < -0.4 is 4.90 Å². The Labute approximate surface area is 117 Å². The number of rotatable bonds is 3. The number of anilines is 1. The fraction of sp³-hybridized carbons (Fsp3) is 0.400. The van der Waals surface area contributed by atoms with Gasteiger partial charge in [0.2, 0.25) is 0 Å². The summed E-state index contributed by atoms with van der Waals surface area (Å²) in [5.74, 6) is 0.728. The summed E-state index contributed by atoms with van der Waals surface area (Å²) in [5, 5.41) is 3.91. The van der Waals surface area contributed by atoms with Crippen LogP contribution in [0.15, 0.2) is 34.9 Å². The summed E-state index contributed by atoms with van der Waals surface area (Å²) in [6.45, 7) is 6.56. The third kappa shape index (κ3) is 2.99. The molecule has 1 aliphatic rings. The van der Waals surface area contributed by atoms with Crippen LogP contribution in [0.4, 0.5) is 10.1 Å². The van der Waals surface area contributed by atoms with Crippen LogP contribution in [-0.4, -0.2) is 36.2 Å². The molecule has 0 N–H and O–H groups in total. The van der Waals surface area contributed by atoms with Crippen LogP contribution in [0.3, 0.4) is 0 Å². The van der Waals surface area contributed by atoms with Crippen LogP contribution >= 0.6 is 0 Å². The average molecular weight is 275 g/mol. The Morgan fingerprint density at radius 3 is 2.45 bits per heavy atom. The summed E-state index contributed by atoms with van der Waals surface area (Å²) in [7, 11) is 0. The SMILES string of the molecule is Cc1cc(CN2CCN(c3ccc(F)cc3)CC2)on1. The second-order valence-electron chi connectivity index (χ2n) is 5.17. The molecule has 2 aromatic rings. The second-order valence-corrected chi connectivity index (χ2v) is 5.17. The van der Waals surface area contributed by atoms with Gasteiger partial charge in [-0.3, -0.25) is 4.90 Å². The minimum atomic E-state index is -0.187. The Morgan fingerprint density at radius 1 is 1.15 bits per heavy atom. The van der Waals surface area contributed by atoms with Crippen molar-refractivity contribution in [1.82, 2.24) is 10.1 Å². The number of aromatic nitrogens is 1. The summed E-state index contributed by atoms with van der Waals surface area (Å²) < 4.78 is 18.2. The molecule has 3 rings (SSSR count). The highest BCUT2D eigenvalue weighted by atomic mass is 19.1. The number of piperazine rings is 1. The van der Waals surface area contributed by atoms with Gasteiger partial charge in [-0.1, -0.05) is 5.16 Å². The molecule has 0 unspecified atom stereocenters. The standard InChI is InChI=1S/C15H18FN3O/c1-12-10-15(20-17-12)11-18-6-8-19(9-7-18)14-4-2-13(16)3-5-14/h2-5,10H,6-9,11H2,1H3. The van der Waals surface area contributed by atoms with Crippen molar-refractivity contribution in [2.45, 2.75) is 13.5 Å². The van der Waals surface area contributed by atoms with E-state index in [9.17, 15) is 4.39 Å². The summed E-state index contributed by atoms with van der Waals surface area (Å²) in [6.07, 6.45) is 0. The molecular formula is C15H18FN3O. The lowest BCUT2D eigenvalue weighted by atomic mass is 10.2. The smallest absolute Gasteiger partial charge is 0.150 e. The molecule has 1 aliphatic heterocycles. The Morgan fingerprint density at radius 2 is 1.85 bits per heavy atom. The molecule has 0 amide bonds. The monoisotopic (exact) mass is 275 g/mol. The number of aryl methyl sites for hydroxylation is 1. The first-order valence-electron chi connectivity index (χ1n) is 6.86. The van der Waals surface area contributed by atoms with Crippen LogP contribution in [0.25, 0.3) is 0 Å². The van der Waals surface area contributed by atoms with E-state index in [1.807, 2.05) is 25.1 Å². The molecule has 0 atom stereocenters. The zero-order valence-corrected chi connectivity index (χ0v) is 11.6. The summed E-state index contributed by atoms with van der Waals surface area (Å²) >= 11 is 0. The maximum Gasteiger partial charge on any atom is 0.150 e. The molecule has 5 heteroatoms. The van der Waals surface area contributed by atoms with Crippen molar-refractivity contribution in [2.24, 2.45) is 0 Å². The van der Waals surface area contributed by atoms with Gasteiger partial charge in [0, 0.05) is 37.9 Å². The lowest BCUT2D eigenvalue weighted by molar-refractivity contribution is 0.219. The lowest BCUT2D eigenvalue weighted by Gasteiger charge is -2.35. The zero-order chi connectivity index (χ0) is 13.9. The molecule has 1 aromatic carbocycles. The molecule has 0 aliphatic carbocycles. The molecule has 106 valence electrons. The molecule has 0 spiro atoms. The van der Waals surface area contributed by atoms with E-state index in [1.54, 1.807) is 0 Å². The predicted molar refractivity (Wildman–Crippen MR) is 75.1 cm³/mol. The predicted octanol–water partition coefficient (Wildman–Crippen LogP) is 2.44. The lowest BCUT2D eigenvalue weighted by Crippen LogP contribution is -2.45. The molecule has 1 saturated heterocycles. The van der Waals surface area contributed by atoms with E-state index in [2.05, 4.69) is 15.0 Å². The highest BCUT2D eigenvalue weighted by Gasteiger charge is 2.18. The van der Waals surface area contributed by atoms with Crippen LogP contribution in [0.2, 0.25) is 0 Å². The Bertz CT molecular complexity index is 559. The number of hydrogen-bond donors (Lipinski definition) is 0. The van der Waals surface area contributed by atoms with Gasteiger partial charge in [0.25, 0.3) is 0 Å². The highest BCUT2D eigenvalue weighted by Crippen LogP contribution is 2.18. The summed E-state index contributed by atoms with van der Waals surface area (Å²) in [4.78, 5) is 4.63. The van der Waals surface area contributed by atoms with Gasteiger partial charge in [-0.15, -0.1) is 0 Å². The summed E-state index contributed by atoms with van der Waals surface area (Å²) in [6, 6.07) is 8.68. The van der Waals surface area contributed by atoms with Crippen molar-refractivity contribution in [3.63, 3.8) is 0 Å². The van der Waals surface area contributed by atoms with Crippen LogP contribution in [0, 0.1) is 12.7 Å². The van der Waals surface area contributed by atoms with Gasteiger partial charge in [-0.2, -0.15) is 0 Å². The first kappa shape index (κ1) is 13.1. The third-order valence-corrected chi connectivity index (χ3v) is 3.62. The van der Waals surface area contributed by atoms with E-state index < -0.39 is 0 Å². The van der Waals surface area contributed by atoms with Crippen LogP contribution in [-0.2, 0) is 6.54 Å².